The van der Waals surface area contributed by atoms with Gasteiger partial charge in [-0.3, -0.25) is 0 Å². The maximum Gasteiger partial charge on any atom is 0.161 e. The van der Waals surface area contributed by atoms with E-state index in [4.69, 9.17) is 9.47 Å². The minimum absolute atomic E-state index is 0.181. The van der Waals surface area contributed by atoms with Crippen LogP contribution in [0.1, 0.15) is 30.6 Å². The van der Waals surface area contributed by atoms with Crippen LogP contribution in [-0.4, -0.2) is 19.3 Å². The zero-order valence-corrected chi connectivity index (χ0v) is 10.4. The van der Waals surface area contributed by atoms with E-state index in [1.54, 1.807) is 14.2 Å². The number of hydrogen-bond acceptors (Lipinski definition) is 3. The average Bonchev–Trinajstić information content (AvgIpc) is 2.38. The van der Waals surface area contributed by atoms with Gasteiger partial charge in [0.25, 0.3) is 0 Å². The Labute approximate surface area is 102 Å². The van der Waals surface area contributed by atoms with Gasteiger partial charge in [-0.25, -0.2) is 0 Å². The van der Waals surface area contributed by atoms with Gasteiger partial charge in [-0.15, -0.1) is 0 Å². The number of hydrogen-bond donors (Lipinski definition) is 1. The van der Waals surface area contributed by atoms with Crippen LogP contribution in [0.2, 0.25) is 0 Å². The van der Waals surface area contributed by atoms with Crippen molar-refractivity contribution in [2.45, 2.75) is 19.4 Å². The molecule has 3 nitrogen and oxygen atoms in total. The Morgan fingerprint density at radius 1 is 1.18 bits per heavy atom. The molecule has 2 rings (SSSR count). The minimum atomic E-state index is -0.459. The van der Waals surface area contributed by atoms with Gasteiger partial charge in [-0.1, -0.05) is 19.1 Å². The Bertz CT molecular complexity index is 437. The van der Waals surface area contributed by atoms with Gasteiger partial charge in [0.1, 0.15) is 0 Å². The van der Waals surface area contributed by atoms with Crippen LogP contribution in [0.5, 0.6) is 11.5 Å². The number of rotatable bonds is 3. The lowest BCUT2D eigenvalue weighted by molar-refractivity contribution is 0.127. The van der Waals surface area contributed by atoms with Gasteiger partial charge in [0, 0.05) is 5.92 Å². The highest BCUT2D eigenvalue weighted by Gasteiger charge is 2.24. The van der Waals surface area contributed by atoms with Gasteiger partial charge in [-0.05, 0) is 29.7 Å². The van der Waals surface area contributed by atoms with Crippen molar-refractivity contribution in [3.63, 3.8) is 0 Å². The molecule has 1 N–H and O–H groups in total. The van der Waals surface area contributed by atoms with E-state index in [1.807, 2.05) is 18.2 Å². The number of methoxy groups -OCH3 is 2. The van der Waals surface area contributed by atoms with Crippen LogP contribution >= 0.6 is 0 Å². The van der Waals surface area contributed by atoms with Gasteiger partial charge < -0.3 is 14.6 Å². The fourth-order valence-corrected chi connectivity index (χ4v) is 2.23. The second kappa shape index (κ2) is 4.80. The van der Waals surface area contributed by atoms with Crippen molar-refractivity contribution in [1.82, 2.24) is 0 Å². The summed E-state index contributed by atoms with van der Waals surface area (Å²) in [7, 11) is 3.22. The van der Waals surface area contributed by atoms with Crippen molar-refractivity contribution in [3.05, 3.63) is 29.3 Å². The molecule has 0 saturated carbocycles. The van der Waals surface area contributed by atoms with E-state index in [9.17, 15) is 5.11 Å². The zero-order valence-electron chi connectivity index (χ0n) is 10.4. The highest BCUT2D eigenvalue weighted by atomic mass is 16.5. The van der Waals surface area contributed by atoms with Crippen molar-refractivity contribution >= 4 is 6.08 Å². The second-order valence-electron chi connectivity index (χ2n) is 4.21. The highest BCUT2D eigenvalue weighted by molar-refractivity contribution is 5.63. The van der Waals surface area contributed by atoms with Crippen LogP contribution in [0.4, 0.5) is 0 Å². The normalized spacial score (nSPS) is 22.1. The monoisotopic (exact) mass is 234 g/mol. The molecule has 0 fully saturated rings. The summed E-state index contributed by atoms with van der Waals surface area (Å²) < 4.78 is 10.5. The van der Waals surface area contributed by atoms with Crippen LogP contribution < -0.4 is 9.47 Å². The molecule has 1 aromatic rings. The molecule has 0 aliphatic heterocycles. The first-order valence-corrected chi connectivity index (χ1v) is 5.83. The number of aliphatic hydroxyl groups is 1. The SMILES string of the molecule is CC[C@@H]1C=Cc2cc(OC)c(OC)cc2[C@H]1O. The number of fused-ring (bicyclic) bond motifs is 1. The summed E-state index contributed by atoms with van der Waals surface area (Å²) in [5.41, 5.74) is 1.91. The number of ether oxygens (including phenoxy) is 2. The average molecular weight is 234 g/mol. The lowest BCUT2D eigenvalue weighted by atomic mass is 9.85. The largest absolute Gasteiger partial charge is 0.493 e. The van der Waals surface area contributed by atoms with E-state index >= 15 is 0 Å². The van der Waals surface area contributed by atoms with E-state index in [-0.39, 0.29) is 5.92 Å². The molecular weight excluding hydrogens is 216 g/mol. The third-order valence-corrected chi connectivity index (χ3v) is 3.31. The molecule has 0 unspecified atom stereocenters. The molecule has 1 aromatic carbocycles. The third kappa shape index (κ3) is 2.03. The van der Waals surface area contributed by atoms with E-state index in [1.165, 1.54) is 0 Å². The second-order valence-corrected chi connectivity index (χ2v) is 4.21. The van der Waals surface area contributed by atoms with E-state index < -0.39 is 6.10 Å². The first kappa shape index (κ1) is 12.0. The lowest BCUT2D eigenvalue weighted by Gasteiger charge is -2.25. The van der Waals surface area contributed by atoms with Crippen molar-refractivity contribution in [2.24, 2.45) is 5.92 Å². The van der Waals surface area contributed by atoms with Crippen LogP contribution in [-0.2, 0) is 0 Å². The molecule has 2 atom stereocenters. The molecule has 0 amide bonds. The molecule has 0 aromatic heterocycles. The molecule has 17 heavy (non-hydrogen) atoms. The Kier molecular flexibility index (Phi) is 3.38. The fourth-order valence-electron chi connectivity index (χ4n) is 2.23. The Balaban J connectivity index is 2.49. The maximum absolute atomic E-state index is 10.3. The molecule has 0 radical (unpaired) electrons. The smallest absolute Gasteiger partial charge is 0.161 e. The number of benzene rings is 1. The molecule has 1 aliphatic carbocycles. The standard InChI is InChI=1S/C14H18O3/c1-4-9-5-6-10-7-12(16-2)13(17-3)8-11(10)14(9)15/h5-9,14-15H,4H2,1-3H3/t9-,14+/m1/s1. The Morgan fingerprint density at radius 2 is 1.82 bits per heavy atom. The topological polar surface area (TPSA) is 38.7 Å². The van der Waals surface area contributed by atoms with Crippen LogP contribution in [0.25, 0.3) is 6.08 Å². The van der Waals surface area contributed by atoms with Gasteiger partial charge in [0.15, 0.2) is 11.5 Å². The molecule has 0 saturated heterocycles. The van der Waals surface area contributed by atoms with Gasteiger partial charge in [0.05, 0.1) is 20.3 Å². The summed E-state index contributed by atoms with van der Waals surface area (Å²) in [6, 6.07) is 3.77. The van der Waals surface area contributed by atoms with Crippen LogP contribution in [0.15, 0.2) is 18.2 Å². The highest BCUT2D eigenvalue weighted by Crippen LogP contribution is 2.39. The van der Waals surface area contributed by atoms with Crippen molar-refractivity contribution in [2.75, 3.05) is 14.2 Å². The summed E-state index contributed by atoms with van der Waals surface area (Å²) in [5.74, 6) is 1.54. The van der Waals surface area contributed by atoms with E-state index in [0.717, 1.165) is 17.5 Å². The van der Waals surface area contributed by atoms with E-state index in [2.05, 4.69) is 13.0 Å². The Hall–Kier alpha value is -1.48. The first-order chi connectivity index (χ1) is 8.21. The minimum Gasteiger partial charge on any atom is -0.493 e. The predicted molar refractivity (Wildman–Crippen MR) is 67.3 cm³/mol. The van der Waals surface area contributed by atoms with Crippen molar-refractivity contribution in [1.29, 1.82) is 0 Å². The molecular formula is C14H18O3. The summed E-state index contributed by atoms with van der Waals surface area (Å²) in [6.45, 7) is 2.07. The third-order valence-electron chi connectivity index (χ3n) is 3.31. The molecule has 3 heteroatoms. The number of aliphatic hydroxyl groups excluding tert-OH is 1. The van der Waals surface area contributed by atoms with Gasteiger partial charge in [0.2, 0.25) is 0 Å². The summed E-state index contributed by atoms with van der Waals surface area (Å²) in [4.78, 5) is 0. The van der Waals surface area contributed by atoms with Crippen molar-refractivity contribution in [3.8, 4) is 11.5 Å². The quantitative estimate of drug-likeness (QED) is 0.874. The molecule has 0 heterocycles. The summed E-state index contributed by atoms with van der Waals surface area (Å²) >= 11 is 0. The molecule has 92 valence electrons. The van der Waals surface area contributed by atoms with Crippen LogP contribution in [0, 0.1) is 5.92 Å². The summed E-state index contributed by atoms with van der Waals surface area (Å²) in [6.07, 6.45) is 4.56. The fraction of sp³-hybridized carbons (Fsp3) is 0.429. The lowest BCUT2D eigenvalue weighted by Crippen LogP contribution is -2.14. The van der Waals surface area contributed by atoms with Gasteiger partial charge >= 0.3 is 0 Å². The molecule has 0 spiro atoms. The Morgan fingerprint density at radius 3 is 2.41 bits per heavy atom. The maximum atomic E-state index is 10.3. The molecule has 0 bridgehead atoms. The summed E-state index contributed by atoms with van der Waals surface area (Å²) in [5, 5.41) is 10.3. The predicted octanol–water partition coefficient (Wildman–Crippen LogP) is 2.79. The van der Waals surface area contributed by atoms with Gasteiger partial charge in [-0.2, -0.15) is 0 Å². The zero-order chi connectivity index (χ0) is 12.4. The first-order valence-electron chi connectivity index (χ1n) is 5.83. The molecule has 1 aliphatic rings. The van der Waals surface area contributed by atoms with Crippen molar-refractivity contribution < 1.29 is 14.6 Å². The van der Waals surface area contributed by atoms with E-state index in [0.29, 0.717) is 11.5 Å². The van der Waals surface area contributed by atoms with Crippen LogP contribution in [0.3, 0.4) is 0 Å².